The first-order chi connectivity index (χ1) is 8.56. The maximum atomic E-state index is 11.5. The Balaban J connectivity index is 2.42. The van der Waals surface area contributed by atoms with E-state index in [9.17, 15) is 9.59 Å². The average Bonchev–Trinajstić information content (AvgIpc) is 2.30. The maximum absolute atomic E-state index is 11.5. The number of carbonyl (C=O) groups is 2. The van der Waals surface area contributed by atoms with Gasteiger partial charge in [0.15, 0.2) is 0 Å². The summed E-state index contributed by atoms with van der Waals surface area (Å²) in [5.74, 6) is 0.235. The third-order valence-electron chi connectivity index (χ3n) is 3.44. The molecule has 1 saturated heterocycles. The van der Waals surface area contributed by atoms with Crippen LogP contribution in [0.15, 0.2) is 0 Å². The van der Waals surface area contributed by atoms with E-state index in [1.807, 2.05) is 0 Å². The van der Waals surface area contributed by atoms with Gasteiger partial charge in [-0.15, -0.1) is 0 Å². The molecular weight excluding hydrogens is 232 g/mol. The molecule has 18 heavy (non-hydrogen) atoms. The normalized spacial score (nSPS) is 24.8. The van der Waals surface area contributed by atoms with Crippen LogP contribution in [0.1, 0.15) is 26.7 Å². The lowest BCUT2D eigenvalue weighted by Gasteiger charge is -2.38. The van der Waals surface area contributed by atoms with Gasteiger partial charge in [0.25, 0.3) is 0 Å². The fraction of sp³-hybridized carbons (Fsp3) is 0.833. The highest BCUT2D eigenvalue weighted by Gasteiger charge is 2.28. The van der Waals surface area contributed by atoms with E-state index in [2.05, 4.69) is 29.4 Å². The van der Waals surface area contributed by atoms with Gasteiger partial charge >= 0.3 is 6.03 Å². The predicted molar refractivity (Wildman–Crippen MR) is 70.0 cm³/mol. The summed E-state index contributed by atoms with van der Waals surface area (Å²) < 4.78 is 0. The number of nitrogens with zero attached hydrogens (tertiary/aromatic N) is 1. The molecule has 1 heterocycles. The monoisotopic (exact) mass is 256 g/mol. The van der Waals surface area contributed by atoms with Gasteiger partial charge in [-0.1, -0.05) is 20.3 Å². The fourth-order valence-corrected chi connectivity index (χ4v) is 2.58. The number of nitrogens with one attached hydrogen (secondary N) is 2. The molecule has 104 valence electrons. The highest BCUT2D eigenvalue weighted by molar-refractivity contribution is 5.94. The van der Waals surface area contributed by atoms with Gasteiger partial charge in [-0.05, 0) is 18.9 Å². The maximum Gasteiger partial charge on any atom is 0.318 e. The number of primary amides is 1. The molecule has 6 heteroatoms. The molecule has 0 saturated carbocycles. The first-order valence-electron chi connectivity index (χ1n) is 6.61. The summed E-state index contributed by atoms with van der Waals surface area (Å²) in [6, 6.07) is -0.245. The van der Waals surface area contributed by atoms with E-state index in [1.54, 1.807) is 0 Å². The highest BCUT2D eigenvalue weighted by Crippen LogP contribution is 2.19. The van der Waals surface area contributed by atoms with E-state index in [0.29, 0.717) is 12.0 Å². The van der Waals surface area contributed by atoms with Crippen molar-refractivity contribution in [1.82, 2.24) is 15.5 Å². The first-order valence-corrected chi connectivity index (χ1v) is 6.61. The predicted octanol–water partition coefficient (Wildman–Crippen LogP) is -0.109. The largest absolute Gasteiger partial charge is 0.351 e. The topological polar surface area (TPSA) is 87.5 Å². The number of hydrogen-bond acceptors (Lipinski definition) is 4. The number of hydrogen-bond donors (Lipinski definition) is 3. The van der Waals surface area contributed by atoms with Crippen molar-refractivity contribution >= 4 is 11.9 Å². The Bertz CT molecular complexity index is 296. The molecule has 3 amide bonds. The SMILES string of the molecule is CCNC1CCN(CC(=O)NC(N)=O)CC1CC. The van der Waals surface area contributed by atoms with Gasteiger partial charge in [0, 0.05) is 19.1 Å². The minimum absolute atomic E-state index is 0.248. The highest BCUT2D eigenvalue weighted by atomic mass is 16.2. The Morgan fingerprint density at radius 3 is 2.67 bits per heavy atom. The Morgan fingerprint density at radius 1 is 1.39 bits per heavy atom. The van der Waals surface area contributed by atoms with Crippen LogP contribution in [0.4, 0.5) is 4.79 Å². The van der Waals surface area contributed by atoms with Crippen LogP contribution < -0.4 is 16.4 Å². The van der Waals surface area contributed by atoms with Crippen molar-refractivity contribution in [3.8, 4) is 0 Å². The number of amides is 3. The molecule has 0 aromatic carbocycles. The van der Waals surface area contributed by atoms with E-state index >= 15 is 0 Å². The molecule has 2 unspecified atom stereocenters. The van der Waals surface area contributed by atoms with Crippen LogP contribution in [-0.4, -0.2) is 49.1 Å². The average molecular weight is 256 g/mol. The second-order valence-electron chi connectivity index (χ2n) is 4.77. The molecule has 0 bridgehead atoms. The van der Waals surface area contributed by atoms with Crippen molar-refractivity contribution in [3.05, 3.63) is 0 Å². The molecule has 1 aliphatic heterocycles. The number of piperidine rings is 1. The molecule has 0 spiro atoms. The van der Waals surface area contributed by atoms with Gasteiger partial charge in [-0.25, -0.2) is 4.79 Å². The van der Waals surface area contributed by atoms with Crippen molar-refractivity contribution in [1.29, 1.82) is 0 Å². The molecule has 1 fully saturated rings. The Labute approximate surface area is 108 Å². The van der Waals surface area contributed by atoms with Gasteiger partial charge in [-0.2, -0.15) is 0 Å². The number of rotatable bonds is 5. The minimum atomic E-state index is -0.783. The lowest BCUT2D eigenvalue weighted by atomic mass is 9.90. The summed E-state index contributed by atoms with van der Waals surface area (Å²) in [4.78, 5) is 24.1. The number of nitrogens with two attached hydrogens (primary N) is 1. The second kappa shape index (κ2) is 7.33. The van der Waals surface area contributed by atoms with E-state index in [4.69, 9.17) is 5.73 Å². The fourth-order valence-electron chi connectivity index (χ4n) is 2.58. The lowest BCUT2D eigenvalue weighted by Crippen LogP contribution is -2.52. The Morgan fingerprint density at radius 2 is 2.11 bits per heavy atom. The molecule has 0 aromatic rings. The molecule has 6 nitrogen and oxygen atoms in total. The summed E-state index contributed by atoms with van der Waals surface area (Å²) in [7, 11) is 0. The van der Waals surface area contributed by atoms with Crippen LogP contribution in [0.2, 0.25) is 0 Å². The summed E-state index contributed by atoms with van der Waals surface area (Å²) in [5, 5.41) is 5.59. The number of urea groups is 1. The van der Waals surface area contributed by atoms with Crippen LogP contribution in [0.25, 0.3) is 0 Å². The smallest absolute Gasteiger partial charge is 0.318 e. The molecule has 0 aliphatic carbocycles. The summed E-state index contributed by atoms with van der Waals surface area (Å²) >= 11 is 0. The third kappa shape index (κ3) is 4.62. The third-order valence-corrected chi connectivity index (χ3v) is 3.44. The van der Waals surface area contributed by atoms with Gasteiger partial charge in [-0.3, -0.25) is 15.0 Å². The van der Waals surface area contributed by atoms with Crippen LogP contribution in [0.5, 0.6) is 0 Å². The lowest BCUT2D eigenvalue weighted by molar-refractivity contribution is -0.121. The zero-order valence-electron chi connectivity index (χ0n) is 11.2. The minimum Gasteiger partial charge on any atom is -0.351 e. The molecular formula is C12H24N4O2. The quantitative estimate of drug-likeness (QED) is 0.640. The summed E-state index contributed by atoms with van der Waals surface area (Å²) in [6.45, 7) is 7.27. The van der Waals surface area contributed by atoms with E-state index < -0.39 is 6.03 Å². The second-order valence-corrected chi connectivity index (χ2v) is 4.77. The van der Waals surface area contributed by atoms with E-state index in [-0.39, 0.29) is 12.5 Å². The molecule has 2 atom stereocenters. The van der Waals surface area contributed by atoms with Gasteiger partial charge in [0.2, 0.25) is 5.91 Å². The Kier molecular flexibility index (Phi) is 6.07. The van der Waals surface area contributed by atoms with Crippen molar-refractivity contribution in [2.24, 2.45) is 11.7 Å². The zero-order chi connectivity index (χ0) is 13.5. The van der Waals surface area contributed by atoms with Crippen LogP contribution in [0.3, 0.4) is 0 Å². The Hall–Kier alpha value is -1.14. The standard InChI is InChI=1S/C12H24N4O2/c1-3-9-7-16(6-5-10(9)14-4-2)8-11(17)15-12(13)18/h9-10,14H,3-8H2,1-2H3,(H3,13,15,17,18). The van der Waals surface area contributed by atoms with Crippen molar-refractivity contribution in [2.75, 3.05) is 26.2 Å². The number of likely N-dealkylation sites (tertiary alicyclic amines) is 1. The summed E-state index contributed by atoms with van der Waals surface area (Å²) in [5.41, 5.74) is 4.91. The van der Waals surface area contributed by atoms with Crippen molar-refractivity contribution < 1.29 is 9.59 Å². The van der Waals surface area contributed by atoms with E-state index in [1.165, 1.54) is 0 Å². The molecule has 1 rings (SSSR count). The molecule has 1 aliphatic rings. The van der Waals surface area contributed by atoms with Gasteiger partial charge in [0.05, 0.1) is 6.54 Å². The van der Waals surface area contributed by atoms with Crippen molar-refractivity contribution in [2.45, 2.75) is 32.7 Å². The number of imide groups is 1. The van der Waals surface area contributed by atoms with Crippen LogP contribution in [-0.2, 0) is 4.79 Å². The molecule has 4 N–H and O–H groups in total. The number of carbonyl (C=O) groups excluding carboxylic acids is 2. The first kappa shape index (κ1) is 14.9. The van der Waals surface area contributed by atoms with Gasteiger partial charge in [0.1, 0.15) is 0 Å². The molecule has 0 radical (unpaired) electrons. The molecule has 0 aromatic heterocycles. The van der Waals surface area contributed by atoms with E-state index in [0.717, 1.165) is 32.5 Å². The van der Waals surface area contributed by atoms with Crippen LogP contribution >= 0.6 is 0 Å². The summed E-state index contributed by atoms with van der Waals surface area (Å²) in [6.07, 6.45) is 2.13. The van der Waals surface area contributed by atoms with Crippen molar-refractivity contribution in [3.63, 3.8) is 0 Å². The van der Waals surface area contributed by atoms with Crippen LogP contribution in [0, 0.1) is 5.92 Å². The van der Waals surface area contributed by atoms with Gasteiger partial charge < -0.3 is 11.1 Å². The zero-order valence-corrected chi connectivity index (χ0v) is 11.2.